The number of carbonyl (C=O) groups is 1. The number of benzene rings is 1. The van der Waals surface area contributed by atoms with Crippen LogP contribution in [0.3, 0.4) is 0 Å². The molecule has 21 heavy (non-hydrogen) atoms. The minimum absolute atomic E-state index is 0.0238. The molecular formula is C16H14N4O. The molecule has 5 nitrogen and oxygen atoms in total. The Hall–Kier alpha value is -2.87. The molecule has 1 aliphatic heterocycles. The van der Waals surface area contributed by atoms with Crippen LogP contribution < -0.4 is 10.6 Å². The van der Waals surface area contributed by atoms with Crippen molar-refractivity contribution in [2.24, 2.45) is 0 Å². The third-order valence-corrected chi connectivity index (χ3v) is 3.59. The smallest absolute Gasteiger partial charge is 0.225 e. The number of hydrogen-bond acceptors (Lipinski definition) is 4. The molecule has 0 saturated heterocycles. The largest absolute Gasteiger partial charge is 0.383 e. The summed E-state index contributed by atoms with van der Waals surface area (Å²) in [6.45, 7) is 0.600. The Morgan fingerprint density at radius 3 is 3.10 bits per heavy atom. The maximum absolute atomic E-state index is 11.8. The number of para-hydroxylation sites is 1. The Bertz CT molecular complexity index is 720. The van der Waals surface area contributed by atoms with Gasteiger partial charge in [-0.05, 0) is 17.7 Å². The van der Waals surface area contributed by atoms with Crippen molar-refractivity contribution in [2.45, 2.75) is 12.3 Å². The van der Waals surface area contributed by atoms with Gasteiger partial charge >= 0.3 is 0 Å². The van der Waals surface area contributed by atoms with Crippen molar-refractivity contribution in [3.63, 3.8) is 0 Å². The summed E-state index contributed by atoms with van der Waals surface area (Å²) in [5, 5.41) is 15.2. The van der Waals surface area contributed by atoms with Crippen LogP contribution in [0.2, 0.25) is 0 Å². The van der Waals surface area contributed by atoms with Crippen LogP contribution >= 0.6 is 0 Å². The topological polar surface area (TPSA) is 77.8 Å². The first kappa shape index (κ1) is 13.1. The fraction of sp³-hybridized carbons (Fsp3) is 0.188. The normalized spacial score (nSPS) is 16.5. The highest BCUT2D eigenvalue weighted by atomic mass is 16.1. The van der Waals surface area contributed by atoms with Gasteiger partial charge in [0.2, 0.25) is 5.91 Å². The van der Waals surface area contributed by atoms with Crippen molar-refractivity contribution in [2.75, 3.05) is 17.2 Å². The Kier molecular flexibility index (Phi) is 3.52. The second kappa shape index (κ2) is 5.63. The predicted molar refractivity (Wildman–Crippen MR) is 79.9 cm³/mol. The molecule has 2 heterocycles. The highest BCUT2D eigenvalue weighted by Crippen LogP contribution is 2.32. The van der Waals surface area contributed by atoms with Gasteiger partial charge in [0.25, 0.3) is 0 Å². The van der Waals surface area contributed by atoms with Crippen LogP contribution in [0.4, 0.5) is 11.4 Å². The molecule has 0 fully saturated rings. The summed E-state index contributed by atoms with van der Waals surface area (Å²) >= 11 is 0. The van der Waals surface area contributed by atoms with Crippen molar-refractivity contribution in [1.82, 2.24) is 4.98 Å². The van der Waals surface area contributed by atoms with E-state index in [2.05, 4.69) is 21.7 Å². The van der Waals surface area contributed by atoms with Crippen molar-refractivity contribution in [1.29, 1.82) is 5.26 Å². The lowest BCUT2D eigenvalue weighted by molar-refractivity contribution is -0.116. The maximum atomic E-state index is 11.8. The van der Waals surface area contributed by atoms with E-state index in [1.54, 1.807) is 12.3 Å². The van der Waals surface area contributed by atoms with Crippen LogP contribution in [-0.4, -0.2) is 17.4 Å². The Morgan fingerprint density at radius 1 is 1.38 bits per heavy atom. The molecule has 1 aromatic carbocycles. The molecule has 104 valence electrons. The first-order valence-electron chi connectivity index (χ1n) is 6.74. The molecule has 1 aromatic heterocycles. The summed E-state index contributed by atoms with van der Waals surface area (Å²) in [6, 6.07) is 11.7. The van der Waals surface area contributed by atoms with Crippen LogP contribution in [0.1, 0.15) is 23.5 Å². The molecule has 1 aliphatic rings. The number of hydrogen-bond donors (Lipinski definition) is 2. The number of rotatable bonds is 3. The van der Waals surface area contributed by atoms with E-state index in [9.17, 15) is 4.79 Å². The molecule has 1 amide bonds. The van der Waals surface area contributed by atoms with Gasteiger partial charge in [-0.1, -0.05) is 18.2 Å². The first-order valence-corrected chi connectivity index (χ1v) is 6.74. The highest BCUT2D eigenvalue weighted by Gasteiger charge is 2.24. The van der Waals surface area contributed by atoms with Crippen molar-refractivity contribution >= 4 is 17.3 Å². The van der Waals surface area contributed by atoms with E-state index in [0.29, 0.717) is 18.5 Å². The van der Waals surface area contributed by atoms with E-state index in [4.69, 9.17) is 5.26 Å². The van der Waals surface area contributed by atoms with Gasteiger partial charge in [0.1, 0.15) is 6.07 Å². The average Bonchev–Trinajstić information content (AvgIpc) is 2.52. The summed E-state index contributed by atoms with van der Waals surface area (Å²) in [5.74, 6) is 0.116. The molecule has 0 bridgehead atoms. The maximum Gasteiger partial charge on any atom is 0.225 e. The molecular weight excluding hydrogens is 264 g/mol. The fourth-order valence-electron chi connectivity index (χ4n) is 2.55. The third-order valence-electron chi connectivity index (χ3n) is 3.59. The standard InChI is InChI=1S/C16H14N4O/c17-8-12-9-18-6-5-14(12)19-10-11-7-16(21)20-15-4-2-1-3-13(11)15/h1-6,9,11H,7,10H2,(H,18,19)(H,20,21). The van der Waals surface area contributed by atoms with E-state index in [1.807, 2.05) is 24.3 Å². The van der Waals surface area contributed by atoms with Crippen molar-refractivity contribution < 1.29 is 4.79 Å². The number of anilines is 2. The van der Waals surface area contributed by atoms with Crippen LogP contribution in [0.25, 0.3) is 0 Å². The molecule has 0 aliphatic carbocycles. The SMILES string of the molecule is N#Cc1cnccc1NCC1CC(=O)Nc2ccccc21. The second-order valence-corrected chi connectivity index (χ2v) is 4.95. The van der Waals surface area contributed by atoms with Gasteiger partial charge in [-0.25, -0.2) is 0 Å². The molecule has 0 spiro atoms. The van der Waals surface area contributed by atoms with Crippen LogP contribution in [-0.2, 0) is 4.79 Å². The summed E-state index contributed by atoms with van der Waals surface area (Å²) in [6.07, 6.45) is 3.62. The monoisotopic (exact) mass is 278 g/mol. The van der Waals surface area contributed by atoms with E-state index in [-0.39, 0.29) is 11.8 Å². The number of nitriles is 1. The first-order chi connectivity index (χ1) is 10.3. The fourth-order valence-corrected chi connectivity index (χ4v) is 2.55. The number of carbonyl (C=O) groups excluding carboxylic acids is 1. The number of amides is 1. The highest BCUT2D eigenvalue weighted by molar-refractivity contribution is 5.94. The molecule has 0 radical (unpaired) electrons. The van der Waals surface area contributed by atoms with Gasteiger partial charge in [-0.3, -0.25) is 9.78 Å². The van der Waals surface area contributed by atoms with E-state index in [0.717, 1.165) is 16.9 Å². The zero-order valence-electron chi connectivity index (χ0n) is 11.3. The number of fused-ring (bicyclic) bond motifs is 1. The van der Waals surface area contributed by atoms with E-state index < -0.39 is 0 Å². The van der Waals surface area contributed by atoms with E-state index in [1.165, 1.54) is 6.20 Å². The molecule has 2 aromatic rings. The molecule has 5 heteroatoms. The Labute approximate surface area is 122 Å². The minimum atomic E-state index is 0.0238. The lowest BCUT2D eigenvalue weighted by Gasteiger charge is -2.26. The molecule has 3 rings (SSSR count). The van der Waals surface area contributed by atoms with Gasteiger partial charge in [0, 0.05) is 37.0 Å². The summed E-state index contributed by atoms with van der Waals surface area (Å²) in [5.41, 5.74) is 3.25. The van der Waals surface area contributed by atoms with E-state index >= 15 is 0 Å². The third kappa shape index (κ3) is 2.70. The predicted octanol–water partition coefficient (Wildman–Crippen LogP) is 2.49. The quantitative estimate of drug-likeness (QED) is 0.904. The van der Waals surface area contributed by atoms with Gasteiger partial charge < -0.3 is 10.6 Å². The zero-order valence-corrected chi connectivity index (χ0v) is 11.3. The average molecular weight is 278 g/mol. The van der Waals surface area contributed by atoms with Gasteiger partial charge in [-0.15, -0.1) is 0 Å². The van der Waals surface area contributed by atoms with Gasteiger partial charge in [-0.2, -0.15) is 5.26 Å². The number of nitrogens with one attached hydrogen (secondary N) is 2. The Balaban J connectivity index is 1.80. The lowest BCUT2D eigenvalue weighted by Crippen LogP contribution is -2.26. The summed E-state index contributed by atoms with van der Waals surface area (Å²) in [4.78, 5) is 15.7. The molecule has 1 atom stereocenters. The molecule has 0 saturated carbocycles. The van der Waals surface area contributed by atoms with Crippen LogP contribution in [0, 0.1) is 11.3 Å². The van der Waals surface area contributed by atoms with Gasteiger partial charge in [0.05, 0.1) is 11.3 Å². The molecule has 2 N–H and O–H groups in total. The second-order valence-electron chi connectivity index (χ2n) is 4.95. The van der Waals surface area contributed by atoms with Crippen molar-refractivity contribution in [3.8, 4) is 6.07 Å². The zero-order chi connectivity index (χ0) is 14.7. The van der Waals surface area contributed by atoms with Crippen LogP contribution in [0.15, 0.2) is 42.7 Å². The summed E-state index contributed by atoms with van der Waals surface area (Å²) < 4.78 is 0. The molecule has 1 unspecified atom stereocenters. The minimum Gasteiger partial charge on any atom is -0.383 e. The van der Waals surface area contributed by atoms with Crippen molar-refractivity contribution in [3.05, 3.63) is 53.9 Å². The summed E-state index contributed by atoms with van der Waals surface area (Å²) in [7, 11) is 0. The number of aromatic nitrogens is 1. The number of nitrogens with zero attached hydrogens (tertiary/aromatic N) is 2. The lowest BCUT2D eigenvalue weighted by atomic mass is 9.90. The van der Waals surface area contributed by atoms with Gasteiger partial charge in [0.15, 0.2) is 0 Å². The Morgan fingerprint density at radius 2 is 2.24 bits per heavy atom. The van der Waals surface area contributed by atoms with Crippen LogP contribution in [0.5, 0.6) is 0 Å². The number of pyridine rings is 1.